The van der Waals surface area contributed by atoms with Gasteiger partial charge in [0.2, 0.25) is 0 Å². The number of thioether (sulfide) groups is 1. The lowest BCUT2D eigenvalue weighted by atomic mass is 10.1. The zero-order valence-electron chi connectivity index (χ0n) is 15.3. The Morgan fingerprint density at radius 3 is 2.70 bits per heavy atom. The van der Waals surface area contributed by atoms with Gasteiger partial charge in [-0.1, -0.05) is 35.9 Å². The molecule has 0 spiro atoms. The molecule has 0 unspecified atom stereocenters. The maximum absolute atomic E-state index is 12.4. The van der Waals surface area contributed by atoms with Crippen molar-refractivity contribution in [2.45, 2.75) is 12.3 Å². The van der Waals surface area contributed by atoms with E-state index in [1.165, 1.54) is 11.1 Å². The van der Waals surface area contributed by atoms with E-state index in [0.717, 1.165) is 54.9 Å². The highest BCUT2D eigenvalue weighted by atomic mass is 35.5. The van der Waals surface area contributed by atoms with Gasteiger partial charge in [0.15, 0.2) is 0 Å². The van der Waals surface area contributed by atoms with Gasteiger partial charge in [-0.2, -0.15) is 11.8 Å². The lowest BCUT2D eigenvalue weighted by Gasteiger charge is -2.26. The molecular formula is C21H25ClN2O2S. The predicted octanol–water partition coefficient (Wildman–Crippen LogP) is 3.84. The Morgan fingerprint density at radius 1 is 1.11 bits per heavy atom. The molecule has 4 nitrogen and oxygen atoms in total. The van der Waals surface area contributed by atoms with Crippen LogP contribution in [0.3, 0.4) is 0 Å². The molecule has 1 aliphatic rings. The second kappa shape index (κ2) is 10.7. The molecule has 1 amide bonds. The molecule has 1 saturated heterocycles. The van der Waals surface area contributed by atoms with Crippen molar-refractivity contribution in [1.82, 2.24) is 10.2 Å². The van der Waals surface area contributed by atoms with E-state index in [-0.39, 0.29) is 5.91 Å². The number of ether oxygens (including phenoxy) is 1. The third kappa shape index (κ3) is 6.85. The Hall–Kier alpha value is -1.53. The number of carbonyl (C=O) groups excluding carboxylic acids is 1. The van der Waals surface area contributed by atoms with Crippen LogP contribution < -0.4 is 5.32 Å². The quantitative estimate of drug-likeness (QED) is 0.679. The number of amides is 1. The summed E-state index contributed by atoms with van der Waals surface area (Å²) in [4.78, 5) is 14.7. The summed E-state index contributed by atoms with van der Waals surface area (Å²) < 4.78 is 5.38. The van der Waals surface area contributed by atoms with Gasteiger partial charge in [0.1, 0.15) is 0 Å². The predicted molar refractivity (Wildman–Crippen MR) is 112 cm³/mol. The van der Waals surface area contributed by atoms with Crippen molar-refractivity contribution < 1.29 is 9.53 Å². The Kier molecular flexibility index (Phi) is 8.02. The molecule has 1 N–H and O–H groups in total. The topological polar surface area (TPSA) is 41.6 Å². The highest BCUT2D eigenvalue weighted by Gasteiger charge is 2.12. The molecule has 144 valence electrons. The number of nitrogens with one attached hydrogen (secondary N) is 1. The number of benzene rings is 2. The average molecular weight is 405 g/mol. The molecule has 0 bridgehead atoms. The van der Waals surface area contributed by atoms with Crippen LogP contribution in [-0.2, 0) is 17.0 Å². The number of hydrogen-bond donors (Lipinski definition) is 1. The molecule has 2 aromatic rings. The number of carbonyl (C=O) groups is 1. The third-order valence-corrected chi connectivity index (χ3v) is 5.65. The van der Waals surface area contributed by atoms with Crippen LogP contribution >= 0.6 is 23.4 Å². The number of nitrogens with zero attached hydrogens (tertiary/aromatic N) is 1. The molecule has 1 heterocycles. The van der Waals surface area contributed by atoms with E-state index in [1.54, 1.807) is 11.8 Å². The van der Waals surface area contributed by atoms with Crippen molar-refractivity contribution in [2.75, 3.05) is 38.6 Å². The number of halogens is 1. The van der Waals surface area contributed by atoms with Gasteiger partial charge >= 0.3 is 0 Å². The van der Waals surface area contributed by atoms with Gasteiger partial charge in [-0.25, -0.2) is 0 Å². The standard InChI is InChI=1S/C21H25ClN2O2S/c22-20-6-2-4-18(14-20)16-27-12-7-23-21(25)19-5-1-3-17(13-19)15-24-8-10-26-11-9-24/h1-6,13-14H,7-12,15-16H2,(H,23,25). The van der Waals surface area contributed by atoms with E-state index in [2.05, 4.69) is 22.3 Å². The van der Waals surface area contributed by atoms with Crippen LogP contribution in [0, 0.1) is 0 Å². The normalized spacial score (nSPS) is 14.9. The van der Waals surface area contributed by atoms with Gasteiger partial charge in [0.25, 0.3) is 5.91 Å². The summed E-state index contributed by atoms with van der Waals surface area (Å²) in [6.45, 7) is 4.97. The Bertz CT molecular complexity index is 750. The summed E-state index contributed by atoms with van der Waals surface area (Å²) in [6.07, 6.45) is 0. The van der Waals surface area contributed by atoms with Crippen LogP contribution in [0.1, 0.15) is 21.5 Å². The van der Waals surface area contributed by atoms with Crippen molar-refractivity contribution >= 4 is 29.3 Å². The lowest BCUT2D eigenvalue weighted by Crippen LogP contribution is -2.35. The maximum atomic E-state index is 12.4. The molecule has 0 radical (unpaired) electrons. The lowest BCUT2D eigenvalue weighted by molar-refractivity contribution is 0.0342. The summed E-state index contributed by atoms with van der Waals surface area (Å²) in [5.74, 6) is 1.75. The van der Waals surface area contributed by atoms with Crippen LogP contribution in [0.5, 0.6) is 0 Å². The Balaban J connectivity index is 1.40. The minimum absolute atomic E-state index is 0.0119. The first-order valence-electron chi connectivity index (χ1n) is 9.20. The first-order chi connectivity index (χ1) is 13.2. The van der Waals surface area contributed by atoms with Gasteiger partial charge in [-0.15, -0.1) is 0 Å². The smallest absolute Gasteiger partial charge is 0.251 e. The highest BCUT2D eigenvalue weighted by molar-refractivity contribution is 7.98. The molecule has 3 rings (SSSR count). The fourth-order valence-corrected chi connectivity index (χ4v) is 4.00. The van der Waals surface area contributed by atoms with Crippen molar-refractivity contribution in [3.63, 3.8) is 0 Å². The molecule has 2 aromatic carbocycles. The second-order valence-electron chi connectivity index (χ2n) is 6.53. The highest BCUT2D eigenvalue weighted by Crippen LogP contribution is 2.16. The molecule has 0 saturated carbocycles. The first-order valence-corrected chi connectivity index (χ1v) is 10.7. The second-order valence-corrected chi connectivity index (χ2v) is 8.07. The fraction of sp³-hybridized carbons (Fsp3) is 0.381. The summed E-state index contributed by atoms with van der Waals surface area (Å²) in [7, 11) is 0. The minimum atomic E-state index is -0.0119. The maximum Gasteiger partial charge on any atom is 0.251 e. The van der Waals surface area contributed by atoms with E-state index >= 15 is 0 Å². The molecule has 0 aromatic heterocycles. The van der Waals surface area contributed by atoms with Crippen molar-refractivity contribution in [1.29, 1.82) is 0 Å². The largest absolute Gasteiger partial charge is 0.379 e. The van der Waals surface area contributed by atoms with Crippen LogP contribution in [0.4, 0.5) is 0 Å². The average Bonchev–Trinajstić information content (AvgIpc) is 2.69. The summed E-state index contributed by atoms with van der Waals surface area (Å²) in [6, 6.07) is 15.8. The van der Waals surface area contributed by atoms with E-state index in [1.807, 2.05) is 36.4 Å². The van der Waals surface area contributed by atoms with E-state index in [0.29, 0.717) is 6.54 Å². The van der Waals surface area contributed by atoms with Gasteiger partial charge in [0.05, 0.1) is 13.2 Å². The van der Waals surface area contributed by atoms with Gasteiger partial charge in [0, 0.05) is 48.3 Å². The number of morpholine rings is 1. The van der Waals surface area contributed by atoms with E-state index in [4.69, 9.17) is 16.3 Å². The van der Waals surface area contributed by atoms with Crippen LogP contribution in [0.2, 0.25) is 5.02 Å². The SMILES string of the molecule is O=C(NCCSCc1cccc(Cl)c1)c1cccc(CN2CCOCC2)c1. The van der Waals surface area contributed by atoms with Crippen molar-refractivity contribution in [2.24, 2.45) is 0 Å². The molecule has 0 aliphatic carbocycles. The summed E-state index contributed by atoms with van der Waals surface area (Å²) >= 11 is 7.78. The molecule has 1 fully saturated rings. The zero-order valence-corrected chi connectivity index (χ0v) is 16.9. The molecule has 1 aliphatic heterocycles. The minimum Gasteiger partial charge on any atom is -0.379 e. The first kappa shape index (κ1) is 20.2. The third-order valence-electron chi connectivity index (χ3n) is 4.39. The van der Waals surface area contributed by atoms with Gasteiger partial charge in [-0.3, -0.25) is 9.69 Å². The van der Waals surface area contributed by atoms with Crippen LogP contribution in [-0.4, -0.2) is 49.4 Å². The van der Waals surface area contributed by atoms with E-state index in [9.17, 15) is 4.79 Å². The molecular weight excluding hydrogens is 380 g/mol. The van der Waals surface area contributed by atoms with Crippen molar-refractivity contribution in [3.8, 4) is 0 Å². The molecule has 6 heteroatoms. The Morgan fingerprint density at radius 2 is 1.89 bits per heavy atom. The monoisotopic (exact) mass is 404 g/mol. The molecule has 0 atom stereocenters. The summed E-state index contributed by atoms with van der Waals surface area (Å²) in [5, 5.41) is 3.77. The molecule has 27 heavy (non-hydrogen) atoms. The van der Waals surface area contributed by atoms with Gasteiger partial charge in [-0.05, 0) is 35.4 Å². The van der Waals surface area contributed by atoms with Crippen LogP contribution in [0.25, 0.3) is 0 Å². The van der Waals surface area contributed by atoms with E-state index < -0.39 is 0 Å². The van der Waals surface area contributed by atoms with Gasteiger partial charge < -0.3 is 10.1 Å². The number of hydrogen-bond acceptors (Lipinski definition) is 4. The Labute approximate surface area is 170 Å². The fourth-order valence-electron chi connectivity index (χ4n) is 2.98. The van der Waals surface area contributed by atoms with Crippen molar-refractivity contribution in [3.05, 3.63) is 70.2 Å². The summed E-state index contributed by atoms with van der Waals surface area (Å²) in [5.41, 5.74) is 3.09. The zero-order chi connectivity index (χ0) is 18.9. The number of rotatable bonds is 8. The van der Waals surface area contributed by atoms with Crippen LogP contribution in [0.15, 0.2) is 48.5 Å².